The number of ketones is 1. The van der Waals surface area contributed by atoms with Crippen LogP contribution in [0.4, 0.5) is 0 Å². The maximum atomic E-state index is 13.4. The van der Waals surface area contributed by atoms with Crippen molar-refractivity contribution >= 4 is 38.6 Å². The lowest BCUT2D eigenvalue weighted by atomic mass is 10.1. The van der Waals surface area contributed by atoms with Gasteiger partial charge >= 0.3 is 0 Å². The summed E-state index contributed by atoms with van der Waals surface area (Å²) in [6.07, 6.45) is 1.21. The summed E-state index contributed by atoms with van der Waals surface area (Å²) in [5.41, 5.74) is 0.528. The van der Waals surface area contributed by atoms with Crippen molar-refractivity contribution in [1.82, 2.24) is 0 Å². The van der Waals surface area contributed by atoms with Crippen molar-refractivity contribution in [2.75, 3.05) is 0 Å². The number of sulfone groups is 1. The smallest absolute Gasteiger partial charge is 0.211 e. The first-order chi connectivity index (χ1) is 13.5. The Morgan fingerprint density at radius 1 is 0.929 bits per heavy atom. The van der Waals surface area contributed by atoms with Gasteiger partial charge < -0.3 is 4.42 Å². The van der Waals surface area contributed by atoms with Crippen LogP contribution < -0.4 is 0 Å². The Hall–Kier alpha value is -2.67. The Labute approximate surface area is 170 Å². The first-order valence-corrected chi connectivity index (χ1v) is 11.0. The Morgan fingerprint density at radius 3 is 2.29 bits per heavy atom. The molecule has 0 amide bonds. The number of benzene rings is 2. The number of carbonyl (C=O) groups is 1. The van der Waals surface area contributed by atoms with Gasteiger partial charge in [0.05, 0.1) is 15.3 Å². The molecule has 0 aliphatic carbocycles. The zero-order valence-electron chi connectivity index (χ0n) is 14.3. The second kappa shape index (κ2) is 7.39. The maximum absolute atomic E-state index is 13.4. The van der Waals surface area contributed by atoms with E-state index in [0.29, 0.717) is 15.5 Å². The third kappa shape index (κ3) is 3.30. The van der Waals surface area contributed by atoms with E-state index in [2.05, 4.69) is 0 Å². The van der Waals surface area contributed by atoms with Crippen LogP contribution in [0.2, 0.25) is 5.02 Å². The van der Waals surface area contributed by atoms with Crippen molar-refractivity contribution in [2.24, 2.45) is 0 Å². The number of rotatable bonds is 5. The van der Waals surface area contributed by atoms with Gasteiger partial charge in [-0.25, -0.2) is 8.42 Å². The van der Waals surface area contributed by atoms with E-state index < -0.39 is 15.6 Å². The Balaban J connectivity index is 1.97. The van der Waals surface area contributed by atoms with Gasteiger partial charge in [-0.05, 0) is 47.8 Å². The van der Waals surface area contributed by atoms with Crippen LogP contribution >= 0.6 is 22.9 Å². The van der Waals surface area contributed by atoms with Crippen molar-refractivity contribution in [2.45, 2.75) is 9.79 Å². The van der Waals surface area contributed by atoms with Crippen LogP contribution in [0.1, 0.15) is 15.2 Å². The van der Waals surface area contributed by atoms with Crippen molar-refractivity contribution in [3.63, 3.8) is 0 Å². The molecule has 2 aromatic heterocycles. The zero-order valence-corrected chi connectivity index (χ0v) is 16.7. The normalized spacial score (nSPS) is 11.5. The fourth-order valence-corrected chi connectivity index (χ4v) is 5.22. The van der Waals surface area contributed by atoms with E-state index in [1.54, 1.807) is 60.0 Å². The van der Waals surface area contributed by atoms with Crippen LogP contribution in [0.25, 0.3) is 11.3 Å². The van der Waals surface area contributed by atoms with Gasteiger partial charge in [-0.15, -0.1) is 11.3 Å². The van der Waals surface area contributed by atoms with Gasteiger partial charge in [0.25, 0.3) is 0 Å². The van der Waals surface area contributed by atoms with Crippen molar-refractivity contribution in [1.29, 1.82) is 0 Å². The first kappa shape index (κ1) is 18.7. The van der Waals surface area contributed by atoms with E-state index in [1.165, 1.54) is 29.7 Å². The van der Waals surface area contributed by atoms with Crippen molar-refractivity contribution < 1.29 is 17.6 Å². The molecule has 4 rings (SSSR count). The highest BCUT2D eigenvalue weighted by atomic mass is 35.5. The van der Waals surface area contributed by atoms with Gasteiger partial charge in [0, 0.05) is 10.6 Å². The molecule has 7 heteroatoms. The molecule has 4 nitrogen and oxygen atoms in total. The lowest BCUT2D eigenvalue weighted by Gasteiger charge is -2.08. The van der Waals surface area contributed by atoms with E-state index in [4.69, 9.17) is 16.0 Å². The van der Waals surface area contributed by atoms with E-state index in [9.17, 15) is 13.2 Å². The standard InChI is InChI=1S/C21H13ClO4S2/c22-15-10-8-14(9-11-15)20-21(28(24,25)16-5-2-1-3-6-16)17(13-26-20)19(23)18-7-4-12-27-18/h1-13H. The molecule has 0 aliphatic heterocycles. The molecule has 28 heavy (non-hydrogen) atoms. The van der Waals surface area contributed by atoms with E-state index in [1.807, 2.05) is 0 Å². The lowest BCUT2D eigenvalue weighted by Crippen LogP contribution is -2.09. The summed E-state index contributed by atoms with van der Waals surface area (Å²) in [6, 6.07) is 18.0. The minimum atomic E-state index is -3.99. The second-order valence-corrected chi connectivity index (χ2v) is 9.21. The average molecular weight is 429 g/mol. The third-order valence-electron chi connectivity index (χ3n) is 4.16. The Morgan fingerprint density at radius 2 is 1.64 bits per heavy atom. The zero-order chi connectivity index (χ0) is 19.7. The molecule has 0 saturated heterocycles. The summed E-state index contributed by atoms with van der Waals surface area (Å²) >= 11 is 7.19. The lowest BCUT2D eigenvalue weighted by molar-refractivity contribution is 0.103. The van der Waals surface area contributed by atoms with E-state index >= 15 is 0 Å². The number of furan rings is 1. The summed E-state index contributed by atoms with van der Waals surface area (Å²) in [6.45, 7) is 0. The van der Waals surface area contributed by atoms with Crippen LogP contribution in [-0.4, -0.2) is 14.2 Å². The minimum absolute atomic E-state index is 0.0104. The summed E-state index contributed by atoms with van der Waals surface area (Å²) in [5, 5.41) is 2.27. The second-order valence-electron chi connectivity index (χ2n) is 5.94. The van der Waals surface area contributed by atoms with Gasteiger partial charge in [0.1, 0.15) is 11.2 Å². The van der Waals surface area contributed by atoms with Gasteiger partial charge in [-0.1, -0.05) is 35.9 Å². The molecule has 0 saturated carbocycles. The molecule has 0 bridgehead atoms. The van der Waals surface area contributed by atoms with Crippen LogP contribution in [0.3, 0.4) is 0 Å². The SMILES string of the molecule is O=C(c1cccs1)c1coc(-c2ccc(Cl)cc2)c1S(=O)(=O)c1ccccc1. The number of hydrogen-bond acceptors (Lipinski definition) is 5. The molecule has 4 aromatic rings. The van der Waals surface area contributed by atoms with Crippen LogP contribution in [-0.2, 0) is 9.84 Å². The summed E-state index contributed by atoms with van der Waals surface area (Å²) in [7, 11) is -3.99. The number of thiophene rings is 1. The van der Waals surface area contributed by atoms with Gasteiger partial charge in [-0.2, -0.15) is 0 Å². The first-order valence-electron chi connectivity index (χ1n) is 8.24. The fraction of sp³-hybridized carbons (Fsp3) is 0. The minimum Gasteiger partial charge on any atom is -0.462 e. The molecule has 2 aromatic carbocycles. The van der Waals surface area contributed by atoms with E-state index in [-0.39, 0.29) is 21.1 Å². The van der Waals surface area contributed by atoms with E-state index in [0.717, 1.165) is 0 Å². The molecule has 0 aliphatic rings. The molecule has 0 unspecified atom stereocenters. The molecular formula is C21H13ClO4S2. The summed E-state index contributed by atoms with van der Waals surface area (Å²) < 4.78 is 32.4. The Kier molecular flexibility index (Phi) is 4.93. The molecule has 0 fully saturated rings. The van der Waals surface area contributed by atoms with Crippen LogP contribution in [0.5, 0.6) is 0 Å². The fourth-order valence-electron chi connectivity index (χ4n) is 2.83. The quantitative estimate of drug-likeness (QED) is 0.381. The Bertz CT molecular complexity index is 1220. The molecular weight excluding hydrogens is 416 g/mol. The molecule has 0 N–H and O–H groups in total. The molecule has 0 atom stereocenters. The van der Waals surface area contributed by atoms with Crippen molar-refractivity contribution in [3.05, 3.63) is 93.8 Å². The summed E-state index contributed by atoms with van der Waals surface area (Å²) in [5.74, 6) is -0.283. The van der Waals surface area contributed by atoms with Crippen LogP contribution in [0.15, 0.2) is 92.6 Å². The molecule has 140 valence electrons. The topological polar surface area (TPSA) is 64.3 Å². The van der Waals surface area contributed by atoms with Gasteiger partial charge in [-0.3, -0.25) is 4.79 Å². The maximum Gasteiger partial charge on any atom is 0.211 e. The third-order valence-corrected chi connectivity index (χ3v) is 7.12. The van der Waals surface area contributed by atoms with Crippen LogP contribution in [0, 0.1) is 0 Å². The average Bonchev–Trinajstić information content (AvgIpc) is 3.39. The predicted molar refractivity (Wildman–Crippen MR) is 109 cm³/mol. The highest BCUT2D eigenvalue weighted by Crippen LogP contribution is 2.37. The van der Waals surface area contributed by atoms with Crippen molar-refractivity contribution in [3.8, 4) is 11.3 Å². The highest BCUT2D eigenvalue weighted by Gasteiger charge is 2.32. The van der Waals surface area contributed by atoms with Gasteiger partial charge in [0.15, 0.2) is 5.76 Å². The largest absolute Gasteiger partial charge is 0.462 e. The molecule has 0 radical (unpaired) electrons. The van der Waals surface area contributed by atoms with Gasteiger partial charge in [0.2, 0.25) is 15.6 Å². The molecule has 2 heterocycles. The number of hydrogen-bond donors (Lipinski definition) is 0. The predicted octanol–water partition coefficient (Wildman–Crippen LogP) is 5.73. The number of halogens is 1. The molecule has 0 spiro atoms. The monoisotopic (exact) mass is 428 g/mol. The highest BCUT2D eigenvalue weighted by molar-refractivity contribution is 7.91. The number of carbonyl (C=O) groups excluding carboxylic acids is 1. The summed E-state index contributed by atoms with van der Waals surface area (Å²) in [4.78, 5) is 13.4.